The van der Waals surface area contributed by atoms with Crippen LogP contribution in [0, 0.1) is 0 Å². The molecule has 1 aliphatic heterocycles. The molecule has 1 aliphatic carbocycles. The molecule has 1 unspecified atom stereocenters. The number of nitrogens with zero attached hydrogens (tertiary/aromatic N) is 4. The molecular weight excluding hydrogens is 432 g/mol. The van der Waals surface area contributed by atoms with E-state index in [0.29, 0.717) is 23.1 Å². The Labute approximate surface area is 179 Å². The topological polar surface area (TPSA) is 85.2 Å². The van der Waals surface area contributed by atoms with Gasteiger partial charge >= 0.3 is 0 Å². The third-order valence-electron chi connectivity index (χ3n) is 5.29. The van der Waals surface area contributed by atoms with Gasteiger partial charge in [0, 0.05) is 29.2 Å². The first-order valence-corrected chi connectivity index (χ1v) is 12.9. The average molecular weight is 455 g/mol. The minimum atomic E-state index is -3.02. The smallest absolute Gasteiger partial charge is 0.233 e. The van der Waals surface area contributed by atoms with Crippen molar-refractivity contribution in [1.82, 2.24) is 19.7 Å². The molecule has 1 aromatic carbocycles. The van der Waals surface area contributed by atoms with Gasteiger partial charge in [-0.1, -0.05) is 23.4 Å². The number of rotatable bonds is 7. The maximum atomic E-state index is 12.9. The number of benzene rings is 1. The van der Waals surface area contributed by atoms with Gasteiger partial charge in [0.05, 0.1) is 17.3 Å². The van der Waals surface area contributed by atoms with Crippen molar-refractivity contribution in [3.8, 4) is 11.4 Å². The van der Waals surface area contributed by atoms with Gasteiger partial charge < -0.3 is 9.47 Å². The highest BCUT2D eigenvalue weighted by Gasteiger charge is 2.42. The number of carbonyl (C=O) groups is 1. The fourth-order valence-corrected chi connectivity index (χ4v) is 6.46. The summed E-state index contributed by atoms with van der Waals surface area (Å²) in [6, 6.07) is 7.42. The number of halogens is 1. The number of carbonyl (C=O) groups excluding carboxylic acids is 1. The molecule has 1 aromatic heterocycles. The van der Waals surface area contributed by atoms with Gasteiger partial charge in [0.15, 0.2) is 20.8 Å². The number of hydrogen-bond acceptors (Lipinski definition) is 6. The Bertz CT molecular complexity index is 1000. The molecule has 0 radical (unpaired) electrons. The van der Waals surface area contributed by atoms with Crippen molar-refractivity contribution in [1.29, 1.82) is 0 Å². The van der Waals surface area contributed by atoms with Crippen molar-refractivity contribution >= 4 is 39.1 Å². The van der Waals surface area contributed by atoms with Crippen LogP contribution in [0.4, 0.5) is 0 Å². The highest BCUT2D eigenvalue weighted by atomic mass is 35.5. The summed E-state index contributed by atoms with van der Waals surface area (Å²) in [5.41, 5.74) is 0.915. The third kappa shape index (κ3) is 4.62. The summed E-state index contributed by atoms with van der Waals surface area (Å²) in [7, 11) is -3.02. The average Bonchev–Trinajstić information content (AvgIpc) is 3.33. The maximum Gasteiger partial charge on any atom is 0.233 e. The van der Waals surface area contributed by atoms with Crippen LogP contribution >= 0.6 is 23.4 Å². The van der Waals surface area contributed by atoms with Gasteiger partial charge in [0.1, 0.15) is 0 Å². The van der Waals surface area contributed by atoms with E-state index in [9.17, 15) is 13.2 Å². The van der Waals surface area contributed by atoms with Crippen molar-refractivity contribution < 1.29 is 13.2 Å². The van der Waals surface area contributed by atoms with Crippen LogP contribution in [0.25, 0.3) is 11.4 Å². The van der Waals surface area contributed by atoms with Gasteiger partial charge in [0.25, 0.3) is 0 Å². The summed E-state index contributed by atoms with van der Waals surface area (Å²) in [6.07, 6.45) is 2.46. The molecule has 4 rings (SSSR count). The molecule has 1 saturated heterocycles. The van der Waals surface area contributed by atoms with Gasteiger partial charge in [-0.3, -0.25) is 4.79 Å². The van der Waals surface area contributed by atoms with E-state index in [1.807, 2.05) is 40.7 Å². The lowest BCUT2D eigenvalue weighted by molar-refractivity contribution is -0.130. The third-order valence-corrected chi connectivity index (χ3v) is 8.24. The molecule has 10 heteroatoms. The molecule has 1 atom stereocenters. The lowest BCUT2D eigenvalue weighted by Gasteiger charge is -2.28. The van der Waals surface area contributed by atoms with Gasteiger partial charge in [-0.2, -0.15) is 0 Å². The van der Waals surface area contributed by atoms with Crippen molar-refractivity contribution in [3.63, 3.8) is 0 Å². The zero-order valence-electron chi connectivity index (χ0n) is 16.1. The van der Waals surface area contributed by atoms with Crippen molar-refractivity contribution in [2.24, 2.45) is 0 Å². The molecular formula is C19H23ClN4O3S2. The molecule has 0 spiro atoms. The predicted molar refractivity (Wildman–Crippen MR) is 114 cm³/mol. The molecule has 0 N–H and O–H groups in total. The van der Waals surface area contributed by atoms with E-state index in [1.165, 1.54) is 11.8 Å². The molecule has 156 valence electrons. The second-order valence-electron chi connectivity index (χ2n) is 7.44. The van der Waals surface area contributed by atoms with Gasteiger partial charge in [-0.05, 0) is 50.5 Å². The van der Waals surface area contributed by atoms with Crippen LogP contribution in [0.5, 0.6) is 0 Å². The number of sulfone groups is 1. The first kappa shape index (κ1) is 20.7. The first-order valence-electron chi connectivity index (χ1n) is 9.71. The SMILES string of the molecule is CCn1c(SCC(=O)N(C2CC2)C2CCS(=O)(=O)C2)nnc1-c1ccc(Cl)cc1. The van der Waals surface area contributed by atoms with Gasteiger partial charge in [-0.25, -0.2) is 8.42 Å². The first-order chi connectivity index (χ1) is 13.9. The number of amides is 1. The second kappa shape index (κ2) is 8.28. The van der Waals surface area contributed by atoms with Crippen LogP contribution < -0.4 is 0 Å². The van der Waals surface area contributed by atoms with Crippen molar-refractivity contribution in [2.45, 2.75) is 50.0 Å². The monoisotopic (exact) mass is 454 g/mol. The van der Waals surface area contributed by atoms with E-state index in [1.54, 1.807) is 0 Å². The fourth-order valence-electron chi connectivity index (χ4n) is 3.75. The Morgan fingerprint density at radius 2 is 1.93 bits per heavy atom. The number of hydrogen-bond donors (Lipinski definition) is 0. The minimum absolute atomic E-state index is 0.0155. The molecule has 2 aromatic rings. The number of thioether (sulfide) groups is 1. The summed E-state index contributed by atoms with van der Waals surface area (Å²) >= 11 is 7.32. The van der Waals surface area contributed by atoms with Crippen LogP contribution in [-0.2, 0) is 21.2 Å². The Hall–Kier alpha value is -1.58. The lowest BCUT2D eigenvalue weighted by atomic mass is 10.2. The summed E-state index contributed by atoms with van der Waals surface area (Å²) in [4.78, 5) is 14.8. The summed E-state index contributed by atoms with van der Waals surface area (Å²) in [5.74, 6) is 1.21. The highest BCUT2D eigenvalue weighted by molar-refractivity contribution is 7.99. The molecule has 7 nitrogen and oxygen atoms in total. The number of aromatic nitrogens is 3. The quantitative estimate of drug-likeness (QED) is 0.598. The second-order valence-corrected chi connectivity index (χ2v) is 11.0. The Balaban J connectivity index is 1.47. The molecule has 29 heavy (non-hydrogen) atoms. The van der Waals surface area contributed by atoms with Crippen LogP contribution in [0.1, 0.15) is 26.2 Å². The summed E-state index contributed by atoms with van der Waals surface area (Å²) in [6.45, 7) is 2.68. The van der Waals surface area contributed by atoms with Crippen LogP contribution in [0.15, 0.2) is 29.4 Å². The van der Waals surface area contributed by atoms with E-state index in [2.05, 4.69) is 10.2 Å². The molecule has 1 saturated carbocycles. The molecule has 0 bridgehead atoms. The molecule has 2 aliphatic rings. The van der Waals surface area contributed by atoms with E-state index < -0.39 is 9.84 Å². The van der Waals surface area contributed by atoms with E-state index in [4.69, 9.17) is 11.6 Å². The van der Waals surface area contributed by atoms with Crippen molar-refractivity contribution in [3.05, 3.63) is 29.3 Å². The van der Waals surface area contributed by atoms with E-state index in [0.717, 1.165) is 24.2 Å². The van der Waals surface area contributed by atoms with Crippen LogP contribution in [-0.4, -0.2) is 63.3 Å². The summed E-state index contributed by atoms with van der Waals surface area (Å²) in [5, 5.41) is 9.91. The Morgan fingerprint density at radius 1 is 1.21 bits per heavy atom. The Kier molecular flexibility index (Phi) is 5.90. The predicted octanol–water partition coefficient (Wildman–Crippen LogP) is 2.89. The van der Waals surface area contributed by atoms with Crippen molar-refractivity contribution in [2.75, 3.05) is 17.3 Å². The minimum Gasteiger partial charge on any atom is -0.335 e. The fraction of sp³-hybridized carbons (Fsp3) is 0.526. The highest BCUT2D eigenvalue weighted by Crippen LogP contribution is 2.33. The maximum absolute atomic E-state index is 12.9. The standard InChI is InChI=1S/C19H23ClN4O3S2/c1-2-23-18(13-3-5-14(20)6-4-13)21-22-19(23)28-11-17(25)24(15-7-8-15)16-9-10-29(26,27)12-16/h3-6,15-16H,2,7-12H2,1H3. The zero-order chi connectivity index (χ0) is 20.6. The van der Waals surface area contributed by atoms with Gasteiger partial charge in [-0.15, -0.1) is 10.2 Å². The zero-order valence-corrected chi connectivity index (χ0v) is 18.5. The van der Waals surface area contributed by atoms with Crippen LogP contribution in [0.3, 0.4) is 0 Å². The molecule has 1 amide bonds. The lowest BCUT2D eigenvalue weighted by Crippen LogP contribution is -2.43. The van der Waals surface area contributed by atoms with Crippen LogP contribution in [0.2, 0.25) is 5.02 Å². The normalized spacial score (nSPS) is 20.7. The molecule has 2 heterocycles. The van der Waals surface area contributed by atoms with E-state index >= 15 is 0 Å². The largest absolute Gasteiger partial charge is 0.335 e. The summed E-state index contributed by atoms with van der Waals surface area (Å²) < 4.78 is 25.7. The Morgan fingerprint density at radius 3 is 2.52 bits per heavy atom. The van der Waals surface area contributed by atoms with Gasteiger partial charge in [0.2, 0.25) is 5.91 Å². The van der Waals surface area contributed by atoms with E-state index in [-0.39, 0.29) is 35.2 Å². The molecule has 2 fully saturated rings.